The molecular weight excluding hydrogens is 617 g/mol. The third kappa shape index (κ3) is 7.34. The van der Waals surface area contributed by atoms with Gasteiger partial charge in [0.1, 0.15) is 24.1 Å². The lowest BCUT2D eigenvalue weighted by Crippen LogP contribution is -2.37. The summed E-state index contributed by atoms with van der Waals surface area (Å²) < 4.78 is 59.1. The van der Waals surface area contributed by atoms with Gasteiger partial charge in [0.2, 0.25) is 0 Å². The van der Waals surface area contributed by atoms with Crippen LogP contribution in [0.25, 0.3) is 11.2 Å². The first-order valence-electron chi connectivity index (χ1n) is 11.1. The number of aliphatic hydroxyl groups is 1. The Morgan fingerprint density at radius 3 is 2.49 bits per heavy atom. The number of hydrogen-bond acceptors (Lipinski definition) is 15. The topological polar surface area (TPSA) is 297 Å². The number of hydrogen-bond donors (Lipinski definition) is 7. The van der Waals surface area contributed by atoms with Crippen LogP contribution in [-0.4, -0.2) is 82.1 Å². The number of aliphatic hydroxyl groups excluding tert-OH is 1. The molecule has 224 valence electrons. The van der Waals surface area contributed by atoms with Crippen molar-refractivity contribution in [2.45, 2.75) is 24.5 Å². The van der Waals surface area contributed by atoms with E-state index >= 15 is 0 Å². The van der Waals surface area contributed by atoms with Crippen LogP contribution in [0.15, 0.2) is 36.9 Å². The molecule has 8 N–H and O–H groups in total. The van der Waals surface area contributed by atoms with Gasteiger partial charge in [-0.1, -0.05) is 12.1 Å². The van der Waals surface area contributed by atoms with E-state index in [1.807, 2.05) is 0 Å². The molecule has 1 aliphatic heterocycles. The smallest absolute Gasteiger partial charge is 0.451 e. The Balaban J connectivity index is 1.59. The highest BCUT2D eigenvalue weighted by Gasteiger charge is 2.49. The predicted octanol–water partition coefficient (Wildman–Crippen LogP) is 0.277. The standard InChI is InChI=1S/C18H23N6O14P3/c1-20-10-5-3-2-4-9(10)18(26)36-14-13(25)11(6-34-40(30,31)38-41(32,33)37-39(27,28)29)35-17(14)24-8-23-12-15(19)21-7-22-16(12)24/h2-5,7-8,11,13-14,17,20,25H,6H2,1H3,(H,30,31)(H,32,33)(H2,19,21,22)(H2,27,28,29)/t11-,13+,14?,17-/m1/s1. The average Bonchev–Trinajstić information content (AvgIpc) is 3.42. The summed E-state index contributed by atoms with van der Waals surface area (Å²) in [4.78, 5) is 61.5. The molecule has 1 aliphatic rings. The molecule has 3 unspecified atom stereocenters. The lowest BCUT2D eigenvalue weighted by molar-refractivity contribution is -0.0557. The number of nitrogen functional groups attached to an aromatic ring is 1. The summed E-state index contributed by atoms with van der Waals surface area (Å²) in [6.45, 7) is -1.02. The molecule has 0 radical (unpaired) electrons. The number of fused-ring (bicyclic) bond motifs is 1. The van der Waals surface area contributed by atoms with E-state index in [9.17, 15) is 33.4 Å². The van der Waals surface area contributed by atoms with Crippen molar-refractivity contribution in [3.8, 4) is 0 Å². The highest BCUT2D eigenvalue weighted by atomic mass is 31.3. The minimum absolute atomic E-state index is 0.00740. The highest BCUT2D eigenvalue weighted by molar-refractivity contribution is 7.66. The van der Waals surface area contributed by atoms with E-state index in [0.29, 0.717) is 5.69 Å². The number of benzene rings is 1. The maximum Gasteiger partial charge on any atom is 0.490 e. The van der Waals surface area contributed by atoms with E-state index in [2.05, 4.69) is 33.4 Å². The Morgan fingerprint density at radius 2 is 1.80 bits per heavy atom. The van der Waals surface area contributed by atoms with Crippen molar-refractivity contribution in [3.63, 3.8) is 0 Å². The van der Waals surface area contributed by atoms with Crippen molar-refractivity contribution in [1.29, 1.82) is 0 Å². The second kappa shape index (κ2) is 11.8. The molecular formula is C18H23N6O14P3. The fourth-order valence-corrected chi connectivity index (χ4v) is 6.83. The minimum Gasteiger partial charge on any atom is -0.451 e. The Kier molecular flexibility index (Phi) is 8.96. The van der Waals surface area contributed by atoms with Gasteiger partial charge < -0.3 is 45.2 Å². The number of carbonyl (C=O) groups excluding carboxylic acids is 1. The largest absolute Gasteiger partial charge is 0.490 e. The van der Waals surface area contributed by atoms with Crippen LogP contribution in [0.4, 0.5) is 11.5 Å². The molecule has 41 heavy (non-hydrogen) atoms. The number of nitrogens with two attached hydrogens (primary N) is 1. The zero-order chi connectivity index (χ0) is 30.2. The van der Waals surface area contributed by atoms with Crippen molar-refractivity contribution in [1.82, 2.24) is 19.5 Å². The fraction of sp³-hybridized carbons (Fsp3) is 0.333. The van der Waals surface area contributed by atoms with Crippen LogP contribution in [0.5, 0.6) is 0 Å². The van der Waals surface area contributed by atoms with Gasteiger partial charge >= 0.3 is 29.4 Å². The summed E-state index contributed by atoms with van der Waals surface area (Å²) in [6, 6.07) is 6.30. The maximum atomic E-state index is 13.1. The van der Waals surface area contributed by atoms with Crippen LogP contribution in [0.3, 0.4) is 0 Å². The van der Waals surface area contributed by atoms with Gasteiger partial charge in [-0.05, 0) is 12.1 Å². The summed E-state index contributed by atoms with van der Waals surface area (Å²) in [5.41, 5.74) is 6.58. The van der Waals surface area contributed by atoms with Gasteiger partial charge in [-0.25, -0.2) is 33.4 Å². The Hall–Kier alpha value is -2.83. The Bertz CT molecular complexity index is 1580. The van der Waals surface area contributed by atoms with Gasteiger partial charge in [-0.3, -0.25) is 9.09 Å². The summed E-state index contributed by atoms with van der Waals surface area (Å²) in [6.07, 6.45) is -3.87. The van der Waals surface area contributed by atoms with Crippen LogP contribution >= 0.6 is 23.5 Å². The molecule has 6 atom stereocenters. The van der Waals surface area contributed by atoms with Gasteiger partial charge in [0.25, 0.3) is 0 Å². The molecule has 2 aromatic heterocycles. The normalized spacial score (nSPS) is 24.0. The van der Waals surface area contributed by atoms with Gasteiger partial charge in [-0.15, -0.1) is 0 Å². The third-order valence-corrected chi connectivity index (χ3v) is 9.25. The Labute approximate surface area is 229 Å². The lowest BCUT2D eigenvalue weighted by Gasteiger charge is -2.22. The van der Waals surface area contributed by atoms with Crippen molar-refractivity contribution in [2.24, 2.45) is 0 Å². The van der Waals surface area contributed by atoms with Gasteiger partial charge in [0.15, 0.2) is 23.8 Å². The number of ether oxygens (including phenoxy) is 2. The molecule has 3 aromatic rings. The van der Waals surface area contributed by atoms with E-state index in [1.54, 1.807) is 25.2 Å². The van der Waals surface area contributed by atoms with E-state index in [0.717, 1.165) is 6.33 Å². The molecule has 0 bridgehead atoms. The zero-order valence-electron chi connectivity index (χ0n) is 20.6. The first-order valence-corrected chi connectivity index (χ1v) is 15.7. The maximum absolute atomic E-state index is 13.1. The number of rotatable bonds is 11. The van der Waals surface area contributed by atoms with E-state index in [4.69, 9.17) is 25.0 Å². The second-order valence-corrected chi connectivity index (χ2v) is 12.6. The number of phosphoric acid groups is 3. The molecule has 20 nitrogen and oxygen atoms in total. The van der Waals surface area contributed by atoms with E-state index in [-0.39, 0.29) is 22.5 Å². The van der Waals surface area contributed by atoms with Crippen LogP contribution in [0.1, 0.15) is 16.6 Å². The van der Waals surface area contributed by atoms with E-state index in [1.165, 1.54) is 17.0 Å². The highest BCUT2D eigenvalue weighted by Crippen LogP contribution is 2.66. The number of para-hydroxylation sites is 1. The summed E-state index contributed by atoms with van der Waals surface area (Å²) in [5, 5.41) is 13.8. The molecule has 0 aliphatic carbocycles. The molecule has 1 aromatic carbocycles. The van der Waals surface area contributed by atoms with Crippen molar-refractivity contribution < 1.29 is 65.8 Å². The number of anilines is 2. The molecule has 0 amide bonds. The SMILES string of the molecule is CNc1ccccc1C(=O)OC1[C@@H](O)[C@@H](COP(=O)(O)OP(=O)(O)OP(=O)(O)O)O[C@H]1n1cnc2c(N)ncnc21. The molecule has 4 rings (SSSR count). The molecule has 0 spiro atoms. The first-order chi connectivity index (χ1) is 19.1. The third-order valence-electron chi connectivity index (χ3n) is 5.45. The number of imidazole rings is 1. The quantitative estimate of drug-likeness (QED) is 0.109. The number of nitrogens with zero attached hydrogens (tertiary/aromatic N) is 4. The second-order valence-electron chi connectivity index (χ2n) is 8.19. The average molecular weight is 640 g/mol. The molecule has 23 heteroatoms. The monoisotopic (exact) mass is 640 g/mol. The van der Waals surface area contributed by atoms with Crippen LogP contribution < -0.4 is 11.1 Å². The van der Waals surface area contributed by atoms with Crippen LogP contribution in [0, 0.1) is 0 Å². The van der Waals surface area contributed by atoms with E-state index < -0.39 is 60.6 Å². The number of aromatic nitrogens is 4. The van der Waals surface area contributed by atoms with Gasteiger partial charge in [-0.2, -0.15) is 8.62 Å². The molecule has 1 saturated heterocycles. The van der Waals surface area contributed by atoms with Crippen molar-refractivity contribution in [2.75, 3.05) is 24.7 Å². The van der Waals surface area contributed by atoms with Gasteiger partial charge in [0.05, 0.1) is 18.5 Å². The number of phosphoric ester groups is 1. The Morgan fingerprint density at radius 1 is 1.10 bits per heavy atom. The van der Waals surface area contributed by atoms with Crippen molar-refractivity contribution in [3.05, 3.63) is 42.5 Å². The summed E-state index contributed by atoms with van der Waals surface area (Å²) in [5.74, 6) is -0.882. The lowest BCUT2D eigenvalue weighted by atomic mass is 10.1. The van der Waals surface area contributed by atoms with Crippen LogP contribution in [-0.2, 0) is 36.3 Å². The van der Waals surface area contributed by atoms with Gasteiger partial charge in [0, 0.05) is 12.7 Å². The zero-order valence-corrected chi connectivity index (χ0v) is 23.3. The predicted molar refractivity (Wildman–Crippen MR) is 135 cm³/mol. The summed E-state index contributed by atoms with van der Waals surface area (Å²) >= 11 is 0. The summed E-state index contributed by atoms with van der Waals surface area (Å²) in [7, 11) is -15.4. The number of carbonyl (C=O) groups is 1. The minimum atomic E-state index is -5.79. The molecule has 3 heterocycles. The first kappa shape index (κ1) is 31.1. The molecule has 1 fully saturated rings. The fourth-order valence-electron chi connectivity index (χ4n) is 3.80. The number of esters is 1. The molecule has 0 saturated carbocycles. The van der Waals surface area contributed by atoms with Crippen LogP contribution in [0.2, 0.25) is 0 Å². The van der Waals surface area contributed by atoms with Crippen molar-refractivity contribution >= 4 is 52.1 Å². The number of nitrogens with one attached hydrogen (secondary N) is 1.